The topological polar surface area (TPSA) is 124 Å². The predicted molar refractivity (Wildman–Crippen MR) is 279 cm³/mol. The molecule has 0 saturated carbocycles. The largest absolute Gasteiger partial charge is 0.494 e. The summed E-state index contributed by atoms with van der Waals surface area (Å²) >= 11 is 0. The zero-order valence-corrected chi connectivity index (χ0v) is 41.0. The fourth-order valence-electron chi connectivity index (χ4n) is 8.80. The molecule has 362 valence electrons. The Morgan fingerprint density at radius 2 is 0.843 bits per heavy atom. The van der Waals surface area contributed by atoms with E-state index in [9.17, 15) is 9.59 Å². The van der Waals surface area contributed by atoms with E-state index in [-0.39, 0.29) is 26.2 Å². The second-order valence-corrected chi connectivity index (χ2v) is 17.3. The highest BCUT2D eigenvalue weighted by Crippen LogP contribution is 2.39. The summed E-state index contributed by atoms with van der Waals surface area (Å²) in [5.74, 6) is 0.302. The number of carboxylic acid groups (broad SMARTS) is 2. The lowest BCUT2D eigenvalue weighted by molar-refractivity contribution is -0.142. The third-order valence-electron chi connectivity index (χ3n) is 12.2. The monoisotopic (exact) mass is 941 g/mol. The van der Waals surface area contributed by atoms with E-state index < -0.39 is 11.9 Å². The molecule has 10 nitrogen and oxygen atoms in total. The molecule has 0 aromatic heterocycles. The van der Waals surface area contributed by atoms with Crippen molar-refractivity contribution >= 4 is 11.9 Å². The van der Waals surface area contributed by atoms with E-state index in [1.165, 1.54) is 60.5 Å². The number of carboxylic acids is 2. The van der Waals surface area contributed by atoms with Gasteiger partial charge in [-0.1, -0.05) is 109 Å². The number of hydrogen-bond acceptors (Lipinski definition) is 8. The van der Waals surface area contributed by atoms with E-state index in [0.717, 1.165) is 50.6 Å². The van der Waals surface area contributed by atoms with Crippen LogP contribution < -0.4 is 14.2 Å². The molecule has 0 amide bonds. The minimum absolute atomic E-state index is 0.201. The summed E-state index contributed by atoms with van der Waals surface area (Å²) in [5, 5.41) is 17.9. The first kappa shape index (κ1) is 50.6. The Balaban J connectivity index is 0.935. The molecule has 0 radical (unpaired) electrons. The van der Waals surface area contributed by atoms with Crippen molar-refractivity contribution in [2.24, 2.45) is 0 Å². The van der Waals surface area contributed by atoms with Gasteiger partial charge in [-0.05, 0) is 155 Å². The third kappa shape index (κ3) is 13.3. The van der Waals surface area contributed by atoms with Crippen LogP contribution in [0, 0.1) is 27.7 Å². The van der Waals surface area contributed by atoms with Crippen LogP contribution >= 0.6 is 0 Å². The maximum Gasteiger partial charge on any atom is 0.317 e. The Kier molecular flexibility index (Phi) is 17.6. The molecular formula is C60H63NO9. The number of aliphatic carboxylic acids is 2. The Hall–Kier alpha value is -7.24. The van der Waals surface area contributed by atoms with Gasteiger partial charge < -0.3 is 33.9 Å². The Morgan fingerprint density at radius 3 is 1.34 bits per heavy atom. The second kappa shape index (κ2) is 24.4. The lowest BCUT2D eigenvalue weighted by Crippen LogP contribution is -2.37. The van der Waals surface area contributed by atoms with Crippen molar-refractivity contribution in [3.05, 3.63) is 162 Å². The van der Waals surface area contributed by atoms with Crippen molar-refractivity contribution in [1.82, 2.24) is 4.90 Å². The van der Waals surface area contributed by atoms with Crippen LogP contribution in [0.2, 0.25) is 0 Å². The van der Waals surface area contributed by atoms with Gasteiger partial charge in [-0.2, -0.15) is 0 Å². The lowest BCUT2D eigenvalue weighted by Gasteiger charge is -2.17. The SMILES string of the molecule is CCOc1cccc(-c2ccc(-c3ccc(-c4ccc(-c5ccc(-c6ccc(-c7ccc(OCCOCCOCCN(CC(=O)O)CC(=O)O)cc7)c(C)c6)cc5C)c(C)c4)cc3C)c(OCC)c2)c1. The highest BCUT2D eigenvalue weighted by molar-refractivity contribution is 5.83. The summed E-state index contributed by atoms with van der Waals surface area (Å²) < 4.78 is 28.9. The van der Waals surface area contributed by atoms with Crippen LogP contribution in [0.4, 0.5) is 0 Å². The van der Waals surface area contributed by atoms with Gasteiger partial charge in [-0.3, -0.25) is 14.5 Å². The number of ether oxygens (including phenoxy) is 5. The second-order valence-electron chi connectivity index (χ2n) is 17.3. The van der Waals surface area contributed by atoms with Crippen molar-refractivity contribution in [1.29, 1.82) is 0 Å². The van der Waals surface area contributed by atoms with Gasteiger partial charge in [0.1, 0.15) is 23.9 Å². The van der Waals surface area contributed by atoms with Crippen molar-refractivity contribution in [3.8, 4) is 84.0 Å². The predicted octanol–water partition coefficient (Wildman–Crippen LogP) is 12.6. The molecule has 7 rings (SSSR count). The van der Waals surface area contributed by atoms with Crippen molar-refractivity contribution in [2.75, 3.05) is 65.9 Å². The van der Waals surface area contributed by atoms with Crippen LogP contribution in [-0.4, -0.2) is 92.9 Å². The number of nitrogens with zero attached hydrogens (tertiary/aromatic N) is 1. The molecule has 0 atom stereocenters. The molecule has 70 heavy (non-hydrogen) atoms. The van der Waals surface area contributed by atoms with Gasteiger partial charge >= 0.3 is 11.9 Å². The minimum atomic E-state index is -1.08. The number of hydrogen-bond donors (Lipinski definition) is 2. The minimum Gasteiger partial charge on any atom is -0.494 e. The highest BCUT2D eigenvalue weighted by Gasteiger charge is 2.16. The zero-order chi connectivity index (χ0) is 49.6. The molecule has 10 heteroatoms. The molecule has 7 aromatic carbocycles. The summed E-state index contributed by atoms with van der Waals surface area (Å²) in [6.07, 6.45) is 0. The average molecular weight is 942 g/mol. The van der Waals surface area contributed by atoms with E-state index in [1.807, 2.05) is 38.1 Å². The summed E-state index contributed by atoms with van der Waals surface area (Å²) in [4.78, 5) is 23.2. The summed E-state index contributed by atoms with van der Waals surface area (Å²) in [5.41, 5.74) is 18.6. The first-order valence-corrected chi connectivity index (χ1v) is 23.9. The smallest absolute Gasteiger partial charge is 0.317 e. The molecule has 2 N–H and O–H groups in total. The summed E-state index contributed by atoms with van der Waals surface area (Å²) in [7, 11) is 0. The number of aryl methyl sites for hydroxylation is 4. The number of benzene rings is 7. The molecule has 0 bridgehead atoms. The number of carbonyl (C=O) groups is 2. The van der Waals surface area contributed by atoms with Crippen molar-refractivity contribution in [3.63, 3.8) is 0 Å². The van der Waals surface area contributed by atoms with Gasteiger partial charge in [0, 0.05) is 12.1 Å². The summed E-state index contributed by atoms with van der Waals surface area (Å²) in [6.45, 7) is 15.0. The molecule has 0 spiro atoms. The van der Waals surface area contributed by atoms with Crippen LogP contribution in [0.25, 0.3) is 66.8 Å². The van der Waals surface area contributed by atoms with Gasteiger partial charge in [0.2, 0.25) is 0 Å². The fourth-order valence-corrected chi connectivity index (χ4v) is 8.80. The molecular weight excluding hydrogens is 879 g/mol. The highest BCUT2D eigenvalue weighted by atomic mass is 16.5. The fraction of sp³-hybridized carbons (Fsp3) is 0.267. The molecule has 0 aliphatic carbocycles. The Morgan fingerprint density at radius 1 is 0.414 bits per heavy atom. The van der Waals surface area contributed by atoms with Crippen LogP contribution in [-0.2, 0) is 19.1 Å². The van der Waals surface area contributed by atoms with Crippen molar-refractivity contribution < 1.29 is 43.5 Å². The van der Waals surface area contributed by atoms with Crippen LogP contribution in [0.15, 0.2) is 140 Å². The van der Waals surface area contributed by atoms with Crippen molar-refractivity contribution in [2.45, 2.75) is 41.5 Å². The molecule has 0 saturated heterocycles. The maximum atomic E-state index is 10.9. The van der Waals surface area contributed by atoms with Gasteiger partial charge in [0.25, 0.3) is 0 Å². The van der Waals surface area contributed by atoms with Gasteiger partial charge in [0.15, 0.2) is 0 Å². The standard InChI is InChI=1S/C60H63NO9/c1-7-68-52-11-9-10-45(36-52)50-18-25-57(58(37-50)69-8-2)56-24-17-49(35-43(56)6)48-16-23-55(42(5)34-48)54-22-15-47(33-41(54)4)46-14-21-53(40(3)32-46)44-12-19-51(20-13-44)70-31-30-67-29-28-66-27-26-61(38-59(62)63)39-60(64)65/h9-25,32-37H,7-8,26-31,38-39H2,1-6H3,(H,62,63)(H,64,65). The molecule has 0 heterocycles. The number of rotatable bonds is 24. The van der Waals surface area contributed by atoms with E-state index in [1.54, 1.807) is 0 Å². The average Bonchev–Trinajstić information content (AvgIpc) is 3.34. The van der Waals surface area contributed by atoms with E-state index >= 15 is 0 Å². The third-order valence-corrected chi connectivity index (χ3v) is 12.2. The molecule has 0 fully saturated rings. The van der Waals surface area contributed by atoms with Gasteiger partial charge in [-0.25, -0.2) is 0 Å². The maximum absolute atomic E-state index is 10.9. The first-order chi connectivity index (χ1) is 33.9. The Bertz CT molecular complexity index is 2890. The molecule has 0 unspecified atom stereocenters. The molecule has 0 aliphatic heterocycles. The quantitative estimate of drug-likeness (QED) is 0.0566. The van der Waals surface area contributed by atoms with E-state index in [0.29, 0.717) is 39.6 Å². The van der Waals surface area contributed by atoms with Gasteiger partial charge in [0.05, 0.1) is 52.7 Å². The molecule has 7 aromatic rings. The Labute approximate surface area is 412 Å². The van der Waals surface area contributed by atoms with Crippen LogP contribution in [0.5, 0.6) is 17.2 Å². The summed E-state index contributed by atoms with van der Waals surface area (Å²) in [6, 6.07) is 49.6. The zero-order valence-electron chi connectivity index (χ0n) is 41.0. The normalized spacial score (nSPS) is 11.2. The molecule has 0 aliphatic rings. The van der Waals surface area contributed by atoms with Gasteiger partial charge in [-0.15, -0.1) is 0 Å². The lowest BCUT2D eigenvalue weighted by atomic mass is 9.89. The van der Waals surface area contributed by atoms with E-state index in [4.69, 9.17) is 33.9 Å². The first-order valence-electron chi connectivity index (χ1n) is 23.9. The van der Waals surface area contributed by atoms with Crippen LogP contribution in [0.3, 0.4) is 0 Å². The van der Waals surface area contributed by atoms with Crippen LogP contribution in [0.1, 0.15) is 36.1 Å². The van der Waals surface area contributed by atoms with E-state index in [2.05, 4.69) is 143 Å².